The monoisotopic (exact) mass is 236 g/mol. The highest BCUT2D eigenvalue weighted by molar-refractivity contribution is 5.77. The average Bonchev–Trinajstić information content (AvgIpc) is 2.32. The van der Waals surface area contributed by atoms with Crippen molar-refractivity contribution in [3.63, 3.8) is 0 Å². The quantitative estimate of drug-likeness (QED) is 0.603. The minimum atomic E-state index is -0.00437. The Balaban J connectivity index is 2.40. The SMILES string of the molecule is CCCOCC(=O)N(C)Cc1ccc(N)cc1. The molecule has 4 heteroatoms. The first-order valence-corrected chi connectivity index (χ1v) is 5.79. The van der Waals surface area contributed by atoms with Crippen LogP contribution in [0.25, 0.3) is 0 Å². The first-order chi connectivity index (χ1) is 8.13. The minimum absolute atomic E-state index is 0.00437. The van der Waals surface area contributed by atoms with Crippen molar-refractivity contribution in [3.8, 4) is 0 Å². The molecule has 0 aliphatic rings. The fraction of sp³-hybridized carbons (Fsp3) is 0.462. The van der Waals surface area contributed by atoms with Crippen LogP contribution >= 0.6 is 0 Å². The molecule has 0 bridgehead atoms. The summed E-state index contributed by atoms with van der Waals surface area (Å²) in [5, 5.41) is 0. The Labute approximate surface area is 102 Å². The van der Waals surface area contributed by atoms with Crippen LogP contribution in [0.3, 0.4) is 0 Å². The fourth-order valence-electron chi connectivity index (χ4n) is 1.40. The van der Waals surface area contributed by atoms with Gasteiger partial charge in [-0.25, -0.2) is 0 Å². The van der Waals surface area contributed by atoms with E-state index >= 15 is 0 Å². The Morgan fingerprint density at radius 1 is 1.35 bits per heavy atom. The zero-order valence-electron chi connectivity index (χ0n) is 10.5. The minimum Gasteiger partial charge on any atom is -0.399 e. The normalized spacial score (nSPS) is 10.2. The highest BCUT2D eigenvalue weighted by atomic mass is 16.5. The highest BCUT2D eigenvalue weighted by Gasteiger charge is 2.08. The molecule has 0 heterocycles. The predicted molar refractivity (Wildman–Crippen MR) is 68.4 cm³/mol. The van der Waals surface area contributed by atoms with Gasteiger partial charge in [0, 0.05) is 25.9 Å². The maximum absolute atomic E-state index is 11.7. The summed E-state index contributed by atoms with van der Waals surface area (Å²) in [4.78, 5) is 13.3. The molecule has 0 fully saturated rings. The summed E-state index contributed by atoms with van der Waals surface area (Å²) < 4.78 is 5.21. The lowest BCUT2D eigenvalue weighted by atomic mass is 10.2. The number of benzene rings is 1. The van der Waals surface area contributed by atoms with Crippen LogP contribution in [-0.4, -0.2) is 31.1 Å². The summed E-state index contributed by atoms with van der Waals surface area (Å²) in [6, 6.07) is 7.51. The molecule has 0 aromatic heterocycles. The molecule has 1 aromatic carbocycles. The fourth-order valence-corrected chi connectivity index (χ4v) is 1.40. The molecule has 0 atom stereocenters. The van der Waals surface area contributed by atoms with E-state index in [1.807, 2.05) is 31.2 Å². The lowest BCUT2D eigenvalue weighted by Gasteiger charge is -2.17. The number of hydrogen-bond donors (Lipinski definition) is 1. The van der Waals surface area contributed by atoms with E-state index < -0.39 is 0 Å². The van der Waals surface area contributed by atoms with Crippen molar-refractivity contribution in [3.05, 3.63) is 29.8 Å². The van der Waals surface area contributed by atoms with Crippen molar-refractivity contribution in [1.29, 1.82) is 0 Å². The van der Waals surface area contributed by atoms with Gasteiger partial charge in [-0.15, -0.1) is 0 Å². The van der Waals surface area contributed by atoms with Gasteiger partial charge in [0.2, 0.25) is 5.91 Å². The number of carbonyl (C=O) groups is 1. The smallest absolute Gasteiger partial charge is 0.248 e. The van der Waals surface area contributed by atoms with E-state index in [-0.39, 0.29) is 12.5 Å². The first kappa shape index (κ1) is 13.5. The van der Waals surface area contributed by atoms with Crippen molar-refractivity contribution >= 4 is 11.6 Å². The summed E-state index contributed by atoms with van der Waals surface area (Å²) in [6.45, 7) is 3.37. The molecular formula is C13H20N2O2. The molecule has 1 rings (SSSR count). The van der Waals surface area contributed by atoms with Crippen LogP contribution in [0.15, 0.2) is 24.3 Å². The molecule has 0 radical (unpaired) electrons. The molecule has 1 aromatic rings. The van der Waals surface area contributed by atoms with E-state index in [2.05, 4.69) is 0 Å². The molecule has 0 aliphatic carbocycles. The van der Waals surface area contributed by atoms with Crippen molar-refractivity contribution in [1.82, 2.24) is 4.90 Å². The van der Waals surface area contributed by atoms with Crippen LogP contribution in [-0.2, 0) is 16.1 Å². The van der Waals surface area contributed by atoms with Gasteiger partial charge in [0.05, 0.1) is 0 Å². The molecule has 1 amide bonds. The van der Waals surface area contributed by atoms with Crippen LogP contribution in [0, 0.1) is 0 Å². The lowest BCUT2D eigenvalue weighted by molar-refractivity contribution is -0.135. The molecule has 0 saturated heterocycles. The zero-order valence-corrected chi connectivity index (χ0v) is 10.5. The molecule has 0 aliphatic heterocycles. The molecule has 0 spiro atoms. The van der Waals surface area contributed by atoms with Gasteiger partial charge < -0.3 is 15.4 Å². The van der Waals surface area contributed by atoms with Gasteiger partial charge in [-0.1, -0.05) is 19.1 Å². The van der Waals surface area contributed by atoms with Crippen LogP contribution in [0.5, 0.6) is 0 Å². The second-order valence-electron chi connectivity index (χ2n) is 4.04. The summed E-state index contributed by atoms with van der Waals surface area (Å²) in [6.07, 6.45) is 0.926. The summed E-state index contributed by atoms with van der Waals surface area (Å²) in [5.41, 5.74) is 7.39. The van der Waals surface area contributed by atoms with Gasteiger partial charge in [0.1, 0.15) is 6.61 Å². The molecule has 4 nitrogen and oxygen atoms in total. The number of nitrogen functional groups attached to an aromatic ring is 1. The third-order valence-electron chi connectivity index (χ3n) is 2.40. The molecule has 94 valence electrons. The molecule has 17 heavy (non-hydrogen) atoms. The van der Waals surface area contributed by atoms with Crippen LogP contribution in [0.4, 0.5) is 5.69 Å². The van der Waals surface area contributed by atoms with Crippen molar-refractivity contribution in [2.75, 3.05) is 26.0 Å². The van der Waals surface area contributed by atoms with Crippen molar-refractivity contribution < 1.29 is 9.53 Å². The third-order valence-corrected chi connectivity index (χ3v) is 2.40. The summed E-state index contributed by atoms with van der Waals surface area (Å²) in [7, 11) is 1.77. The molecule has 0 unspecified atom stereocenters. The number of likely N-dealkylation sites (N-methyl/N-ethyl adjacent to an activating group) is 1. The van der Waals surface area contributed by atoms with Gasteiger partial charge in [-0.2, -0.15) is 0 Å². The van der Waals surface area contributed by atoms with Crippen LogP contribution in [0.1, 0.15) is 18.9 Å². The predicted octanol–water partition coefficient (Wildman–Crippen LogP) is 1.65. The van der Waals surface area contributed by atoms with E-state index in [0.717, 1.165) is 17.7 Å². The van der Waals surface area contributed by atoms with Gasteiger partial charge in [-0.3, -0.25) is 4.79 Å². The lowest BCUT2D eigenvalue weighted by Crippen LogP contribution is -2.29. The number of hydrogen-bond acceptors (Lipinski definition) is 3. The maximum atomic E-state index is 11.7. The molecule has 0 saturated carbocycles. The van der Waals surface area contributed by atoms with Crippen molar-refractivity contribution in [2.45, 2.75) is 19.9 Å². The largest absolute Gasteiger partial charge is 0.399 e. The van der Waals surface area contributed by atoms with Crippen LogP contribution in [0.2, 0.25) is 0 Å². The van der Waals surface area contributed by atoms with E-state index in [0.29, 0.717) is 13.2 Å². The van der Waals surface area contributed by atoms with Gasteiger partial charge in [-0.05, 0) is 24.1 Å². The van der Waals surface area contributed by atoms with Gasteiger partial charge in [0.25, 0.3) is 0 Å². The van der Waals surface area contributed by atoms with E-state index in [1.54, 1.807) is 11.9 Å². The Morgan fingerprint density at radius 3 is 2.59 bits per heavy atom. The summed E-state index contributed by atoms with van der Waals surface area (Å²) >= 11 is 0. The maximum Gasteiger partial charge on any atom is 0.248 e. The Hall–Kier alpha value is -1.55. The van der Waals surface area contributed by atoms with E-state index in [9.17, 15) is 4.79 Å². The summed E-state index contributed by atoms with van der Waals surface area (Å²) in [5.74, 6) is -0.00437. The second-order valence-corrected chi connectivity index (χ2v) is 4.04. The molecular weight excluding hydrogens is 216 g/mol. The number of rotatable bonds is 6. The van der Waals surface area contributed by atoms with Gasteiger partial charge >= 0.3 is 0 Å². The number of nitrogens with two attached hydrogens (primary N) is 1. The number of amides is 1. The Morgan fingerprint density at radius 2 is 2.00 bits per heavy atom. The number of ether oxygens (including phenoxy) is 1. The standard InChI is InChI=1S/C13H20N2O2/c1-3-8-17-10-13(16)15(2)9-11-4-6-12(14)7-5-11/h4-7H,3,8-10,14H2,1-2H3. The zero-order chi connectivity index (χ0) is 12.7. The van der Waals surface area contributed by atoms with E-state index in [4.69, 9.17) is 10.5 Å². The van der Waals surface area contributed by atoms with E-state index in [1.165, 1.54) is 0 Å². The number of anilines is 1. The topological polar surface area (TPSA) is 55.6 Å². The average molecular weight is 236 g/mol. The number of carbonyl (C=O) groups excluding carboxylic acids is 1. The Kier molecular flexibility index (Phi) is 5.49. The van der Waals surface area contributed by atoms with Crippen molar-refractivity contribution in [2.24, 2.45) is 0 Å². The third kappa shape index (κ3) is 4.87. The van der Waals surface area contributed by atoms with Crippen LogP contribution < -0.4 is 5.73 Å². The Bertz CT molecular complexity index is 349. The second kappa shape index (κ2) is 6.91. The van der Waals surface area contributed by atoms with Gasteiger partial charge in [0.15, 0.2) is 0 Å². The number of nitrogens with zero attached hydrogens (tertiary/aromatic N) is 1. The highest BCUT2D eigenvalue weighted by Crippen LogP contribution is 2.07. The molecule has 2 N–H and O–H groups in total. The first-order valence-electron chi connectivity index (χ1n) is 5.79.